The van der Waals surface area contributed by atoms with Gasteiger partial charge in [0, 0.05) is 23.3 Å². The third kappa shape index (κ3) is 4.01. The first-order valence-electron chi connectivity index (χ1n) is 6.81. The fourth-order valence-electron chi connectivity index (χ4n) is 2.17. The van der Waals surface area contributed by atoms with E-state index in [0.717, 1.165) is 12.4 Å². The Kier molecular flexibility index (Phi) is 5.54. The zero-order chi connectivity index (χ0) is 12.8. The lowest BCUT2D eigenvalue weighted by Gasteiger charge is -2.22. The summed E-state index contributed by atoms with van der Waals surface area (Å²) >= 11 is 1.92. The molecule has 18 heavy (non-hydrogen) atoms. The molecule has 1 aromatic rings. The van der Waals surface area contributed by atoms with Gasteiger partial charge in [0.05, 0.1) is 6.10 Å². The molecule has 0 bridgehead atoms. The molecule has 2 unspecified atom stereocenters. The van der Waals surface area contributed by atoms with Crippen molar-refractivity contribution in [2.24, 2.45) is 0 Å². The summed E-state index contributed by atoms with van der Waals surface area (Å²) in [6.07, 6.45) is 4.23. The SMILES string of the molecule is CNC(C)c1cccc(SCC2CCCCO2)c1. The van der Waals surface area contributed by atoms with E-state index in [9.17, 15) is 0 Å². The van der Waals surface area contributed by atoms with Gasteiger partial charge < -0.3 is 10.1 Å². The Labute approximate surface area is 114 Å². The van der Waals surface area contributed by atoms with Crippen molar-refractivity contribution >= 4 is 11.8 Å². The summed E-state index contributed by atoms with van der Waals surface area (Å²) in [5, 5.41) is 3.28. The van der Waals surface area contributed by atoms with Crippen LogP contribution in [0.15, 0.2) is 29.2 Å². The van der Waals surface area contributed by atoms with E-state index in [-0.39, 0.29) is 0 Å². The third-order valence-corrected chi connectivity index (χ3v) is 4.63. The van der Waals surface area contributed by atoms with E-state index < -0.39 is 0 Å². The van der Waals surface area contributed by atoms with Gasteiger partial charge in [-0.25, -0.2) is 0 Å². The molecule has 1 aliphatic heterocycles. The van der Waals surface area contributed by atoms with E-state index in [4.69, 9.17) is 4.74 Å². The van der Waals surface area contributed by atoms with E-state index in [1.165, 1.54) is 29.7 Å². The first kappa shape index (κ1) is 13.9. The molecule has 2 nitrogen and oxygen atoms in total. The Bertz CT molecular complexity index is 363. The summed E-state index contributed by atoms with van der Waals surface area (Å²) in [5.74, 6) is 1.08. The first-order chi connectivity index (χ1) is 8.79. The van der Waals surface area contributed by atoms with Gasteiger partial charge in [-0.3, -0.25) is 0 Å². The number of rotatable bonds is 5. The number of nitrogens with one attached hydrogen (secondary N) is 1. The van der Waals surface area contributed by atoms with Crippen molar-refractivity contribution in [2.75, 3.05) is 19.4 Å². The van der Waals surface area contributed by atoms with Gasteiger partial charge in [0.1, 0.15) is 0 Å². The highest BCUT2D eigenvalue weighted by molar-refractivity contribution is 7.99. The molecule has 1 aromatic carbocycles. The summed E-state index contributed by atoms with van der Waals surface area (Å²) in [6.45, 7) is 3.14. The smallest absolute Gasteiger partial charge is 0.0669 e. The minimum atomic E-state index is 0.413. The molecule has 3 heteroatoms. The number of ether oxygens (including phenoxy) is 1. The summed E-state index contributed by atoms with van der Waals surface area (Å²) in [7, 11) is 2.00. The number of hydrogen-bond donors (Lipinski definition) is 1. The minimum absolute atomic E-state index is 0.413. The molecule has 1 N–H and O–H groups in total. The van der Waals surface area contributed by atoms with Gasteiger partial charge in [-0.1, -0.05) is 12.1 Å². The Morgan fingerprint density at radius 1 is 1.44 bits per heavy atom. The molecule has 0 radical (unpaired) electrons. The standard InChI is InChI=1S/C15H23NOS/c1-12(16-2)13-6-5-8-15(10-13)18-11-14-7-3-4-9-17-14/h5-6,8,10,12,14,16H,3-4,7,9,11H2,1-2H3. The molecule has 100 valence electrons. The van der Waals surface area contributed by atoms with Crippen molar-refractivity contribution in [3.8, 4) is 0 Å². The van der Waals surface area contributed by atoms with Crippen LogP contribution < -0.4 is 5.32 Å². The maximum absolute atomic E-state index is 5.77. The monoisotopic (exact) mass is 265 g/mol. The lowest BCUT2D eigenvalue weighted by atomic mass is 10.1. The molecule has 1 fully saturated rings. The lowest BCUT2D eigenvalue weighted by Crippen LogP contribution is -2.21. The second-order valence-corrected chi connectivity index (χ2v) is 5.98. The van der Waals surface area contributed by atoms with Gasteiger partial charge in [-0.2, -0.15) is 0 Å². The number of thioether (sulfide) groups is 1. The number of benzene rings is 1. The van der Waals surface area contributed by atoms with Gasteiger partial charge in [0.2, 0.25) is 0 Å². The highest BCUT2D eigenvalue weighted by atomic mass is 32.2. The van der Waals surface area contributed by atoms with E-state index in [1.54, 1.807) is 0 Å². The molecular formula is C15H23NOS. The summed E-state index contributed by atoms with van der Waals surface area (Å²) in [4.78, 5) is 1.35. The largest absolute Gasteiger partial charge is 0.377 e. The molecule has 0 saturated carbocycles. The summed E-state index contributed by atoms with van der Waals surface area (Å²) in [6, 6.07) is 9.22. The van der Waals surface area contributed by atoms with Crippen LogP contribution in [0.4, 0.5) is 0 Å². The van der Waals surface area contributed by atoms with Crippen LogP contribution >= 0.6 is 11.8 Å². The normalized spacial score (nSPS) is 21.8. The predicted molar refractivity (Wildman–Crippen MR) is 78.2 cm³/mol. The molecular weight excluding hydrogens is 242 g/mol. The highest BCUT2D eigenvalue weighted by Crippen LogP contribution is 2.25. The molecule has 0 amide bonds. The van der Waals surface area contributed by atoms with E-state index in [2.05, 4.69) is 36.5 Å². The highest BCUT2D eigenvalue weighted by Gasteiger charge is 2.14. The topological polar surface area (TPSA) is 21.3 Å². The van der Waals surface area contributed by atoms with Crippen molar-refractivity contribution in [2.45, 2.75) is 43.2 Å². The zero-order valence-electron chi connectivity index (χ0n) is 11.3. The molecule has 1 aliphatic rings. The molecule has 1 heterocycles. The maximum atomic E-state index is 5.77. The Hall–Kier alpha value is -0.510. The summed E-state index contributed by atoms with van der Waals surface area (Å²) < 4.78 is 5.77. The first-order valence-corrected chi connectivity index (χ1v) is 7.80. The minimum Gasteiger partial charge on any atom is -0.377 e. The van der Waals surface area contributed by atoms with Crippen LogP contribution in [0.1, 0.15) is 37.8 Å². The Morgan fingerprint density at radius 2 is 2.33 bits per heavy atom. The fourth-order valence-corrected chi connectivity index (χ4v) is 3.20. The fraction of sp³-hybridized carbons (Fsp3) is 0.600. The van der Waals surface area contributed by atoms with Crippen LogP contribution in [-0.4, -0.2) is 25.5 Å². The Morgan fingerprint density at radius 3 is 3.06 bits per heavy atom. The third-order valence-electron chi connectivity index (χ3n) is 3.50. The van der Waals surface area contributed by atoms with Gasteiger partial charge in [-0.15, -0.1) is 11.8 Å². The van der Waals surface area contributed by atoms with Gasteiger partial charge in [0.25, 0.3) is 0 Å². The second kappa shape index (κ2) is 7.17. The van der Waals surface area contributed by atoms with Gasteiger partial charge in [-0.05, 0) is 50.9 Å². The Balaban J connectivity index is 1.88. The second-order valence-electron chi connectivity index (χ2n) is 4.88. The van der Waals surface area contributed by atoms with Crippen LogP contribution in [0.25, 0.3) is 0 Å². The molecule has 2 rings (SSSR count). The molecule has 0 spiro atoms. The quantitative estimate of drug-likeness (QED) is 0.822. The average Bonchev–Trinajstić information content (AvgIpc) is 2.45. The van der Waals surface area contributed by atoms with Crippen molar-refractivity contribution in [3.05, 3.63) is 29.8 Å². The van der Waals surface area contributed by atoms with Crippen LogP contribution in [-0.2, 0) is 4.74 Å². The van der Waals surface area contributed by atoms with Crippen molar-refractivity contribution in [3.63, 3.8) is 0 Å². The van der Waals surface area contributed by atoms with Gasteiger partial charge in [0.15, 0.2) is 0 Å². The van der Waals surface area contributed by atoms with Crippen molar-refractivity contribution in [1.29, 1.82) is 0 Å². The molecule has 2 atom stereocenters. The van der Waals surface area contributed by atoms with Crippen LogP contribution in [0, 0.1) is 0 Å². The van der Waals surface area contributed by atoms with Gasteiger partial charge >= 0.3 is 0 Å². The van der Waals surface area contributed by atoms with Crippen LogP contribution in [0.2, 0.25) is 0 Å². The van der Waals surface area contributed by atoms with E-state index in [1.807, 2.05) is 18.8 Å². The van der Waals surface area contributed by atoms with E-state index in [0.29, 0.717) is 12.1 Å². The predicted octanol–water partition coefficient (Wildman–Crippen LogP) is 3.63. The summed E-state index contributed by atoms with van der Waals surface area (Å²) in [5.41, 5.74) is 1.35. The number of hydrogen-bond acceptors (Lipinski definition) is 3. The average molecular weight is 265 g/mol. The molecule has 0 aromatic heterocycles. The molecule has 1 saturated heterocycles. The molecule has 0 aliphatic carbocycles. The van der Waals surface area contributed by atoms with Crippen LogP contribution in [0.3, 0.4) is 0 Å². The van der Waals surface area contributed by atoms with Crippen LogP contribution in [0.5, 0.6) is 0 Å². The zero-order valence-corrected chi connectivity index (χ0v) is 12.1. The van der Waals surface area contributed by atoms with E-state index >= 15 is 0 Å². The lowest BCUT2D eigenvalue weighted by molar-refractivity contribution is 0.0315. The van der Waals surface area contributed by atoms with Crippen molar-refractivity contribution in [1.82, 2.24) is 5.32 Å². The maximum Gasteiger partial charge on any atom is 0.0669 e. The van der Waals surface area contributed by atoms with Crippen molar-refractivity contribution < 1.29 is 4.74 Å².